The van der Waals surface area contributed by atoms with Crippen LogP contribution in [-0.4, -0.2) is 46.0 Å². The van der Waals surface area contributed by atoms with Crippen LogP contribution in [0, 0.1) is 0 Å². The van der Waals surface area contributed by atoms with Gasteiger partial charge < -0.3 is 21.7 Å². The molecule has 19 heavy (non-hydrogen) atoms. The average Bonchev–Trinajstić information content (AvgIpc) is 2.32. The minimum atomic E-state index is -1.24. The summed E-state index contributed by atoms with van der Waals surface area (Å²) in [5.74, 6) is -3.83. The highest BCUT2D eigenvalue weighted by Crippen LogP contribution is 1.97. The number of hydrogen-bond acceptors (Lipinski definition) is 6. The molecule has 0 saturated heterocycles. The number of imide groups is 1. The van der Waals surface area contributed by atoms with Crippen LogP contribution in [0.15, 0.2) is 0 Å². The molecule has 0 bridgehead atoms. The zero-order valence-corrected chi connectivity index (χ0v) is 10.2. The minimum absolute atomic E-state index is 0.0942. The number of amides is 2. The largest absolute Gasteiger partial charge is 0.481 e. The third kappa shape index (κ3) is 7.84. The van der Waals surface area contributed by atoms with Crippen molar-refractivity contribution in [3.63, 3.8) is 0 Å². The van der Waals surface area contributed by atoms with Crippen LogP contribution in [0.4, 0.5) is 0 Å². The predicted octanol–water partition coefficient (Wildman–Crippen LogP) is -1.99. The maximum atomic E-state index is 11.3. The van der Waals surface area contributed by atoms with Gasteiger partial charge in [-0.05, 0) is 12.8 Å². The highest BCUT2D eigenvalue weighted by molar-refractivity contribution is 5.97. The molecule has 0 aliphatic rings. The molecule has 0 aliphatic carbocycles. The molecule has 2 atom stereocenters. The van der Waals surface area contributed by atoms with E-state index in [-0.39, 0.29) is 25.7 Å². The smallest absolute Gasteiger partial charge is 0.320 e. The van der Waals surface area contributed by atoms with Gasteiger partial charge in [0.15, 0.2) is 0 Å². The third-order valence-electron chi connectivity index (χ3n) is 2.27. The van der Waals surface area contributed by atoms with E-state index in [4.69, 9.17) is 21.7 Å². The summed E-state index contributed by atoms with van der Waals surface area (Å²) in [6.07, 6.45) is -0.723. The summed E-state index contributed by atoms with van der Waals surface area (Å²) in [4.78, 5) is 43.3. The lowest BCUT2D eigenvalue weighted by Crippen LogP contribution is -2.44. The quantitative estimate of drug-likeness (QED) is 0.338. The minimum Gasteiger partial charge on any atom is -0.481 e. The molecule has 9 nitrogen and oxygen atoms in total. The van der Waals surface area contributed by atoms with Crippen LogP contribution in [0.1, 0.15) is 25.7 Å². The Bertz CT molecular complexity index is 370. The first-order valence-corrected chi connectivity index (χ1v) is 5.53. The molecular formula is C10H17N3O6. The molecular weight excluding hydrogens is 258 g/mol. The number of aliphatic carboxylic acids is 2. The highest BCUT2D eigenvalue weighted by Gasteiger charge is 2.19. The predicted molar refractivity (Wildman–Crippen MR) is 62.8 cm³/mol. The van der Waals surface area contributed by atoms with Crippen molar-refractivity contribution >= 4 is 23.8 Å². The number of rotatable bonds is 8. The molecule has 9 heteroatoms. The zero-order valence-electron chi connectivity index (χ0n) is 10.2. The van der Waals surface area contributed by atoms with Gasteiger partial charge in [0.1, 0.15) is 6.04 Å². The van der Waals surface area contributed by atoms with Crippen molar-refractivity contribution in [2.24, 2.45) is 11.5 Å². The van der Waals surface area contributed by atoms with Crippen LogP contribution in [0.25, 0.3) is 0 Å². The summed E-state index contributed by atoms with van der Waals surface area (Å²) in [7, 11) is 0. The number of carboxylic acid groups (broad SMARTS) is 2. The summed E-state index contributed by atoms with van der Waals surface area (Å²) in [6.45, 7) is 0. The summed E-state index contributed by atoms with van der Waals surface area (Å²) in [6, 6.07) is -2.28. The van der Waals surface area contributed by atoms with Gasteiger partial charge in [-0.15, -0.1) is 0 Å². The fourth-order valence-corrected chi connectivity index (χ4v) is 1.11. The molecule has 0 spiro atoms. The van der Waals surface area contributed by atoms with Gasteiger partial charge in [-0.2, -0.15) is 0 Å². The molecule has 2 amide bonds. The van der Waals surface area contributed by atoms with Gasteiger partial charge in [-0.25, -0.2) is 0 Å². The normalized spacial score (nSPS) is 13.4. The lowest BCUT2D eigenvalue weighted by atomic mass is 10.1. The van der Waals surface area contributed by atoms with Gasteiger partial charge in [0, 0.05) is 12.8 Å². The molecule has 0 fully saturated rings. The molecule has 0 radical (unpaired) electrons. The van der Waals surface area contributed by atoms with Crippen molar-refractivity contribution in [2.45, 2.75) is 37.8 Å². The van der Waals surface area contributed by atoms with Gasteiger partial charge in [0.05, 0.1) is 6.04 Å². The van der Waals surface area contributed by atoms with Crippen LogP contribution in [-0.2, 0) is 19.2 Å². The second-order valence-electron chi connectivity index (χ2n) is 3.93. The Morgan fingerprint density at radius 3 is 1.95 bits per heavy atom. The second-order valence-corrected chi connectivity index (χ2v) is 3.93. The first-order chi connectivity index (χ1) is 8.73. The maximum Gasteiger partial charge on any atom is 0.320 e. The number of hydrogen-bond donors (Lipinski definition) is 5. The summed E-state index contributed by atoms with van der Waals surface area (Å²) >= 11 is 0. The highest BCUT2D eigenvalue weighted by atomic mass is 16.4. The Labute approximate surface area is 108 Å². The number of carbonyl (C=O) groups is 4. The van der Waals surface area contributed by atoms with Gasteiger partial charge in [-0.3, -0.25) is 24.5 Å². The van der Waals surface area contributed by atoms with Gasteiger partial charge in [0.2, 0.25) is 11.8 Å². The van der Waals surface area contributed by atoms with E-state index in [0.29, 0.717) is 0 Å². The number of carboxylic acids is 2. The van der Waals surface area contributed by atoms with Gasteiger partial charge in [-0.1, -0.05) is 0 Å². The molecule has 0 aromatic carbocycles. The fraction of sp³-hybridized carbons (Fsp3) is 0.600. The van der Waals surface area contributed by atoms with Crippen LogP contribution in [0.3, 0.4) is 0 Å². The molecule has 0 rings (SSSR count). The molecule has 7 N–H and O–H groups in total. The van der Waals surface area contributed by atoms with Crippen molar-refractivity contribution < 1.29 is 29.4 Å². The van der Waals surface area contributed by atoms with Crippen molar-refractivity contribution in [1.82, 2.24) is 5.32 Å². The third-order valence-corrected chi connectivity index (χ3v) is 2.27. The van der Waals surface area contributed by atoms with Gasteiger partial charge >= 0.3 is 11.9 Å². The van der Waals surface area contributed by atoms with E-state index in [2.05, 4.69) is 0 Å². The second kappa shape index (κ2) is 8.16. The van der Waals surface area contributed by atoms with E-state index in [1.54, 1.807) is 0 Å². The van der Waals surface area contributed by atoms with E-state index >= 15 is 0 Å². The lowest BCUT2D eigenvalue weighted by Gasteiger charge is -2.10. The van der Waals surface area contributed by atoms with Crippen molar-refractivity contribution in [2.75, 3.05) is 0 Å². The topological polar surface area (TPSA) is 173 Å². The van der Waals surface area contributed by atoms with Gasteiger partial charge in [0.25, 0.3) is 0 Å². The number of nitrogens with one attached hydrogen (secondary N) is 1. The molecule has 0 saturated carbocycles. The summed E-state index contributed by atoms with van der Waals surface area (Å²) in [5.41, 5.74) is 10.6. The fourth-order valence-electron chi connectivity index (χ4n) is 1.11. The summed E-state index contributed by atoms with van der Waals surface area (Å²) in [5, 5.41) is 18.8. The van der Waals surface area contributed by atoms with Crippen molar-refractivity contribution in [3.05, 3.63) is 0 Å². The zero-order chi connectivity index (χ0) is 15.0. The Balaban J connectivity index is 4.01. The average molecular weight is 275 g/mol. The first-order valence-electron chi connectivity index (χ1n) is 5.53. The Hall–Kier alpha value is -2.00. The van der Waals surface area contributed by atoms with E-state index in [1.807, 2.05) is 5.32 Å². The molecule has 0 heterocycles. The number of nitrogens with two attached hydrogens (primary N) is 2. The number of carbonyl (C=O) groups excluding carboxylic acids is 2. The SMILES string of the molecule is NC(CCC(=O)NC(=O)C(N)CCC(=O)O)C(=O)O. The first kappa shape index (κ1) is 17.0. The van der Waals surface area contributed by atoms with Crippen LogP contribution >= 0.6 is 0 Å². The monoisotopic (exact) mass is 275 g/mol. The van der Waals surface area contributed by atoms with E-state index in [1.165, 1.54) is 0 Å². The van der Waals surface area contributed by atoms with Crippen LogP contribution < -0.4 is 16.8 Å². The molecule has 0 aliphatic heterocycles. The Morgan fingerprint density at radius 1 is 0.947 bits per heavy atom. The van der Waals surface area contributed by atoms with Crippen LogP contribution in [0.2, 0.25) is 0 Å². The van der Waals surface area contributed by atoms with Crippen molar-refractivity contribution in [1.29, 1.82) is 0 Å². The molecule has 0 aromatic heterocycles. The van der Waals surface area contributed by atoms with E-state index in [9.17, 15) is 19.2 Å². The van der Waals surface area contributed by atoms with Crippen molar-refractivity contribution in [3.8, 4) is 0 Å². The van der Waals surface area contributed by atoms with E-state index < -0.39 is 35.8 Å². The molecule has 108 valence electrons. The van der Waals surface area contributed by atoms with Crippen LogP contribution in [0.5, 0.6) is 0 Å². The Kier molecular flexibility index (Phi) is 7.30. The maximum absolute atomic E-state index is 11.3. The molecule has 2 unspecified atom stereocenters. The standard InChI is InChI=1S/C10H17N3O6/c11-5(2-4-8(15)16)9(17)13-7(14)3-1-6(12)10(18)19/h5-6H,1-4,11-12H2,(H,15,16)(H,18,19)(H,13,14,17). The Morgan fingerprint density at radius 2 is 1.47 bits per heavy atom. The molecule has 0 aromatic rings. The van der Waals surface area contributed by atoms with E-state index in [0.717, 1.165) is 0 Å². The lowest BCUT2D eigenvalue weighted by molar-refractivity contribution is -0.139. The summed E-state index contributed by atoms with van der Waals surface area (Å²) < 4.78 is 0.